The van der Waals surface area contributed by atoms with Crippen molar-refractivity contribution in [1.29, 1.82) is 0 Å². The molecule has 0 aliphatic carbocycles. The van der Waals surface area contributed by atoms with Gasteiger partial charge in [0.25, 0.3) is 0 Å². The van der Waals surface area contributed by atoms with Crippen molar-refractivity contribution < 1.29 is 9.15 Å². The Kier molecular flexibility index (Phi) is 4.26. The van der Waals surface area contributed by atoms with E-state index in [1.807, 2.05) is 79.7 Å². The molecule has 3 aromatic carbocycles. The lowest BCUT2D eigenvalue weighted by Crippen LogP contribution is -2.19. The number of ether oxygens (including phenoxy) is 1. The average Bonchev–Trinajstić information content (AvgIpc) is 2.74. The van der Waals surface area contributed by atoms with Gasteiger partial charge in [0, 0.05) is 16.5 Å². The van der Waals surface area contributed by atoms with E-state index in [4.69, 9.17) is 20.8 Å². The van der Waals surface area contributed by atoms with Crippen molar-refractivity contribution in [2.24, 2.45) is 0 Å². The second kappa shape index (κ2) is 6.94. The van der Waals surface area contributed by atoms with Gasteiger partial charge in [-0.2, -0.15) is 0 Å². The molecule has 29 heavy (non-hydrogen) atoms. The number of aryl methyl sites for hydroxylation is 1. The molecule has 0 bridgehead atoms. The molecule has 0 N–H and O–H groups in total. The van der Waals surface area contributed by atoms with Crippen LogP contribution in [0.15, 0.2) is 88.1 Å². The first-order valence-corrected chi connectivity index (χ1v) is 9.76. The molecular formula is C25H17ClO3. The normalized spacial score (nSPS) is 15.5. The predicted octanol–water partition coefficient (Wildman–Crippen LogP) is 6.32. The second-order valence-electron chi connectivity index (χ2n) is 7.16. The van der Waals surface area contributed by atoms with Crippen molar-refractivity contribution in [1.82, 2.24) is 0 Å². The van der Waals surface area contributed by atoms with Gasteiger partial charge < -0.3 is 9.15 Å². The Hall–Kier alpha value is -3.30. The number of hydrogen-bond acceptors (Lipinski definition) is 3. The number of halogens is 1. The summed E-state index contributed by atoms with van der Waals surface area (Å²) in [5, 5.41) is 1.42. The molecule has 1 aromatic heterocycles. The van der Waals surface area contributed by atoms with Crippen LogP contribution in [0.4, 0.5) is 0 Å². The minimum Gasteiger partial charge on any atom is -0.456 e. The molecule has 2 heterocycles. The summed E-state index contributed by atoms with van der Waals surface area (Å²) in [7, 11) is 0. The number of allylic oxidation sites excluding steroid dienone is 1. The maximum Gasteiger partial charge on any atom is 0.344 e. The summed E-state index contributed by atoms with van der Waals surface area (Å²) in [4.78, 5) is 12.9. The van der Waals surface area contributed by atoms with Gasteiger partial charge in [0.2, 0.25) is 0 Å². The van der Waals surface area contributed by atoms with E-state index in [1.165, 1.54) is 5.56 Å². The quantitative estimate of drug-likeness (QED) is 0.369. The van der Waals surface area contributed by atoms with E-state index in [0.29, 0.717) is 27.7 Å². The fourth-order valence-corrected chi connectivity index (χ4v) is 3.82. The zero-order chi connectivity index (χ0) is 20.0. The molecule has 3 nitrogen and oxygen atoms in total. The Labute approximate surface area is 172 Å². The highest BCUT2D eigenvalue weighted by Gasteiger charge is 2.30. The van der Waals surface area contributed by atoms with E-state index >= 15 is 0 Å². The van der Waals surface area contributed by atoms with Crippen LogP contribution in [-0.2, 0) is 0 Å². The molecule has 0 saturated carbocycles. The first-order chi connectivity index (χ1) is 14.1. The molecule has 1 aliphatic heterocycles. The van der Waals surface area contributed by atoms with Gasteiger partial charge in [-0.15, -0.1) is 0 Å². The summed E-state index contributed by atoms with van der Waals surface area (Å²) in [6.45, 7) is 2.05. The molecule has 1 unspecified atom stereocenters. The highest BCUT2D eigenvalue weighted by molar-refractivity contribution is 6.30. The van der Waals surface area contributed by atoms with Crippen LogP contribution in [-0.4, -0.2) is 0 Å². The summed E-state index contributed by atoms with van der Waals surface area (Å²) in [6, 6.07) is 23.1. The summed E-state index contributed by atoms with van der Waals surface area (Å²) in [5.41, 5.74) is 3.70. The zero-order valence-electron chi connectivity index (χ0n) is 15.7. The van der Waals surface area contributed by atoms with Crippen molar-refractivity contribution in [3.05, 3.63) is 117 Å². The molecule has 4 aromatic rings. The summed E-state index contributed by atoms with van der Waals surface area (Å²) >= 11 is 6.08. The number of fused-ring (bicyclic) bond motifs is 3. The maximum absolute atomic E-state index is 12.9. The highest BCUT2D eigenvalue weighted by Crippen LogP contribution is 2.43. The van der Waals surface area contributed by atoms with Gasteiger partial charge in [-0.25, -0.2) is 4.79 Å². The number of hydrogen-bond donors (Lipinski definition) is 0. The largest absolute Gasteiger partial charge is 0.456 e. The number of benzene rings is 3. The molecule has 4 heteroatoms. The van der Waals surface area contributed by atoms with E-state index in [9.17, 15) is 4.79 Å². The summed E-state index contributed by atoms with van der Waals surface area (Å²) in [5.74, 6) is 0.969. The smallest absolute Gasteiger partial charge is 0.344 e. The van der Waals surface area contributed by atoms with Gasteiger partial charge in [-0.05, 0) is 42.8 Å². The molecule has 1 aliphatic rings. The van der Waals surface area contributed by atoms with Crippen LogP contribution in [0.3, 0.4) is 0 Å². The Morgan fingerprint density at radius 2 is 1.62 bits per heavy atom. The lowest BCUT2D eigenvalue weighted by Gasteiger charge is -2.25. The lowest BCUT2D eigenvalue weighted by molar-refractivity contribution is 0.472. The van der Waals surface area contributed by atoms with Crippen molar-refractivity contribution in [3.63, 3.8) is 0 Å². The number of para-hydroxylation sites is 1. The number of rotatable bonds is 2. The van der Waals surface area contributed by atoms with Gasteiger partial charge in [-0.3, -0.25) is 0 Å². The fraction of sp³-hybridized carbons (Fsp3) is 0.0800. The Morgan fingerprint density at radius 3 is 2.38 bits per heavy atom. The van der Waals surface area contributed by atoms with Gasteiger partial charge >= 0.3 is 5.63 Å². The molecule has 0 fully saturated rings. The van der Waals surface area contributed by atoms with E-state index in [1.54, 1.807) is 6.07 Å². The van der Waals surface area contributed by atoms with Crippen LogP contribution in [0.1, 0.15) is 28.2 Å². The second-order valence-corrected chi connectivity index (χ2v) is 7.59. The molecule has 0 spiro atoms. The third kappa shape index (κ3) is 3.14. The molecule has 0 saturated heterocycles. The standard InChI is InChI=1S/C25H17ClO3/c1-15-6-8-17(9-7-15)22-14-20(16-10-12-18(26)13-11-16)23-24(28-22)19-4-2-3-5-21(19)29-25(23)27/h2-14,20H,1H3. The van der Waals surface area contributed by atoms with Crippen LogP contribution >= 0.6 is 11.6 Å². The maximum atomic E-state index is 12.9. The van der Waals surface area contributed by atoms with Crippen LogP contribution in [0.2, 0.25) is 5.02 Å². The van der Waals surface area contributed by atoms with Crippen molar-refractivity contribution in [2.75, 3.05) is 0 Å². The van der Waals surface area contributed by atoms with Gasteiger partial charge in [0.15, 0.2) is 0 Å². The van der Waals surface area contributed by atoms with Crippen LogP contribution in [0.25, 0.3) is 16.7 Å². The van der Waals surface area contributed by atoms with Crippen molar-refractivity contribution in [2.45, 2.75) is 12.8 Å². The minimum absolute atomic E-state index is 0.298. The third-order valence-corrected chi connectivity index (χ3v) is 5.46. The molecule has 5 rings (SSSR count). The van der Waals surface area contributed by atoms with E-state index in [2.05, 4.69) is 0 Å². The monoisotopic (exact) mass is 400 g/mol. The van der Waals surface area contributed by atoms with E-state index in [-0.39, 0.29) is 5.92 Å². The first-order valence-electron chi connectivity index (χ1n) is 9.38. The van der Waals surface area contributed by atoms with Gasteiger partial charge in [-0.1, -0.05) is 65.7 Å². The molecule has 0 radical (unpaired) electrons. The van der Waals surface area contributed by atoms with Crippen LogP contribution in [0, 0.1) is 6.92 Å². The lowest BCUT2D eigenvalue weighted by atomic mass is 9.88. The SMILES string of the molecule is Cc1ccc(C2=CC(c3ccc(Cl)cc3)c3c(c4ccccc4oc3=O)O2)cc1. The Bertz CT molecular complexity index is 1300. The van der Waals surface area contributed by atoms with Gasteiger partial charge in [0.05, 0.1) is 10.9 Å². The van der Waals surface area contributed by atoms with Gasteiger partial charge in [0.1, 0.15) is 17.1 Å². The van der Waals surface area contributed by atoms with Crippen molar-refractivity contribution in [3.8, 4) is 5.75 Å². The fourth-order valence-electron chi connectivity index (χ4n) is 3.70. The first kappa shape index (κ1) is 17.8. The van der Waals surface area contributed by atoms with Crippen molar-refractivity contribution >= 4 is 28.3 Å². The van der Waals surface area contributed by atoms with E-state index in [0.717, 1.165) is 16.5 Å². The highest BCUT2D eigenvalue weighted by atomic mass is 35.5. The molecule has 0 amide bonds. The molecule has 1 atom stereocenters. The van der Waals surface area contributed by atoms with E-state index < -0.39 is 5.63 Å². The zero-order valence-corrected chi connectivity index (χ0v) is 16.4. The summed E-state index contributed by atoms with van der Waals surface area (Å²) < 4.78 is 11.9. The molecular weight excluding hydrogens is 384 g/mol. The predicted molar refractivity (Wildman–Crippen MR) is 116 cm³/mol. The Morgan fingerprint density at radius 1 is 0.897 bits per heavy atom. The average molecular weight is 401 g/mol. The molecule has 142 valence electrons. The topological polar surface area (TPSA) is 39.4 Å². The summed E-state index contributed by atoms with van der Waals surface area (Å²) in [6.07, 6.45) is 1.97. The van der Waals surface area contributed by atoms with Crippen LogP contribution < -0.4 is 10.4 Å². The third-order valence-electron chi connectivity index (χ3n) is 5.21. The minimum atomic E-state index is -0.391. The Balaban J connectivity index is 1.77. The van der Waals surface area contributed by atoms with Crippen LogP contribution in [0.5, 0.6) is 5.75 Å².